The average molecular weight is 301 g/mol. The standard InChI is InChI=1S/C11H16BNO4S2/c1-17-11(14)9-7-8(12)5-6-10(9)13(18(2)15)19(3,4)16/h5-7H,3,12H2,1-2,4H3. The van der Waals surface area contributed by atoms with Gasteiger partial charge in [0.2, 0.25) is 0 Å². The van der Waals surface area contributed by atoms with Crippen LogP contribution in [0.4, 0.5) is 5.69 Å². The van der Waals surface area contributed by atoms with E-state index in [-0.39, 0.29) is 5.56 Å². The summed E-state index contributed by atoms with van der Waals surface area (Å²) in [5, 5.41) is 0. The van der Waals surface area contributed by atoms with Crippen LogP contribution < -0.4 is 9.17 Å². The summed E-state index contributed by atoms with van der Waals surface area (Å²) in [6.07, 6.45) is 2.75. The summed E-state index contributed by atoms with van der Waals surface area (Å²) in [6, 6.07) is 4.94. The predicted molar refractivity (Wildman–Crippen MR) is 83.7 cm³/mol. The molecule has 1 aromatic carbocycles. The van der Waals surface area contributed by atoms with Crippen molar-refractivity contribution in [1.29, 1.82) is 0 Å². The third-order valence-electron chi connectivity index (χ3n) is 2.34. The van der Waals surface area contributed by atoms with Crippen molar-refractivity contribution in [3.8, 4) is 0 Å². The molecule has 0 aliphatic carbocycles. The van der Waals surface area contributed by atoms with Crippen LogP contribution in [0.1, 0.15) is 10.4 Å². The Morgan fingerprint density at radius 1 is 1.58 bits per heavy atom. The number of rotatable bonds is 4. The summed E-state index contributed by atoms with van der Waals surface area (Å²) >= 11 is -1.57. The van der Waals surface area contributed by atoms with Crippen molar-refractivity contribution in [2.45, 2.75) is 0 Å². The van der Waals surface area contributed by atoms with Gasteiger partial charge >= 0.3 is 5.97 Å². The van der Waals surface area contributed by atoms with E-state index >= 15 is 0 Å². The van der Waals surface area contributed by atoms with Crippen LogP contribution in [0.25, 0.3) is 0 Å². The highest BCUT2D eigenvalue weighted by Crippen LogP contribution is 2.25. The Balaban J connectivity index is 3.52. The summed E-state index contributed by atoms with van der Waals surface area (Å²) in [5.41, 5.74) is 1.36. The first-order valence-corrected chi connectivity index (χ1v) is 8.94. The number of benzene rings is 1. The van der Waals surface area contributed by atoms with Gasteiger partial charge in [0.05, 0.1) is 33.7 Å². The second kappa shape index (κ2) is 5.89. The normalized spacial score (nSPS) is 15.4. The zero-order valence-electron chi connectivity index (χ0n) is 11.3. The third-order valence-corrected chi connectivity index (χ3v) is 5.48. The quantitative estimate of drug-likeness (QED) is 0.312. The highest BCUT2D eigenvalue weighted by Gasteiger charge is 2.27. The van der Waals surface area contributed by atoms with Gasteiger partial charge in [0, 0.05) is 6.26 Å². The van der Waals surface area contributed by atoms with Crippen LogP contribution in [-0.4, -0.2) is 48.1 Å². The Morgan fingerprint density at radius 2 is 2.16 bits per heavy atom. The molecule has 8 heteroatoms. The summed E-state index contributed by atoms with van der Waals surface area (Å²) in [5.74, 6) is 2.95. The van der Waals surface area contributed by atoms with E-state index < -0.39 is 27.0 Å². The molecule has 0 fully saturated rings. The highest BCUT2D eigenvalue weighted by atomic mass is 32.3. The SMILES string of the molecule is Bc1ccc(N([S+](C)[O-])S(=C)(C)=O)c(C(=O)OC)c1. The molecule has 0 heterocycles. The largest absolute Gasteiger partial charge is 0.592 e. The fourth-order valence-corrected chi connectivity index (χ4v) is 4.44. The molecule has 1 aromatic rings. The molecule has 0 aliphatic heterocycles. The lowest BCUT2D eigenvalue weighted by atomic mass is 9.94. The van der Waals surface area contributed by atoms with Gasteiger partial charge in [0.1, 0.15) is 19.8 Å². The van der Waals surface area contributed by atoms with Gasteiger partial charge in [-0.3, -0.25) is 0 Å². The van der Waals surface area contributed by atoms with Crippen molar-refractivity contribution in [1.82, 2.24) is 0 Å². The predicted octanol–water partition coefficient (Wildman–Crippen LogP) is -0.907. The Bertz CT molecular complexity index is 586. The summed E-state index contributed by atoms with van der Waals surface area (Å²) < 4.78 is 29.8. The number of esters is 1. The number of ether oxygens (including phenoxy) is 1. The minimum Gasteiger partial charge on any atom is -0.592 e. The number of hydrogen-bond acceptors (Lipinski definition) is 4. The molecule has 104 valence electrons. The van der Waals surface area contributed by atoms with Gasteiger partial charge in [0.15, 0.2) is 0 Å². The van der Waals surface area contributed by atoms with E-state index in [0.717, 1.165) is 9.17 Å². The van der Waals surface area contributed by atoms with Gasteiger partial charge in [-0.05, 0) is 11.9 Å². The second-order valence-electron chi connectivity index (χ2n) is 4.15. The molecule has 0 N–H and O–H groups in total. The molecule has 2 unspecified atom stereocenters. The lowest BCUT2D eigenvalue weighted by molar-refractivity contribution is 0.0602. The number of carbonyl (C=O) groups is 1. The molecule has 2 atom stereocenters. The Kier molecular flexibility index (Phi) is 4.95. The highest BCUT2D eigenvalue weighted by molar-refractivity contribution is 8.14. The minimum absolute atomic E-state index is 0.218. The second-order valence-corrected chi connectivity index (χ2v) is 7.88. The maximum atomic E-state index is 12.1. The molecule has 0 amide bonds. The van der Waals surface area contributed by atoms with Crippen molar-refractivity contribution in [3.63, 3.8) is 0 Å². The molecule has 0 spiro atoms. The number of carbonyl (C=O) groups excluding carboxylic acids is 1. The van der Waals surface area contributed by atoms with Crippen molar-refractivity contribution >= 4 is 51.9 Å². The Morgan fingerprint density at radius 3 is 2.58 bits per heavy atom. The van der Waals surface area contributed by atoms with E-state index in [0.29, 0.717) is 5.69 Å². The molecule has 19 heavy (non-hydrogen) atoms. The molecule has 0 aromatic heterocycles. The van der Waals surface area contributed by atoms with Gasteiger partial charge in [-0.1, -0.05) is 17.6 Å². The van der Waals surface area contributed by atoms with E-state index in [1.165, 1.54) is 19.6 Å². The molecule has 0 saturated carbocycles. The molecule has 1 rings (SSSR count). The van der Waals surface area contributed by atoms with E-state index in [2.05, 4.69) is 5.87 Å². The first-order chi connectivity index (χ1) is 8.68. The maximum absolute atomic E-state index is 12.1. The topological polar surface area (TPSA) is 69.7 Å². The number of hydrogen-bond donors (Lipinski definition) is 0. The zero-order chi connectivity index (χ0) is 14.8. The van der Waals surface area contributed by atoms with Crippen molar-refractivity contribution < 1.29 is 18.3 Å². The van der Waals surface area contributed by atoms with Crippen molar-refractivity contribution in [2.75, 3.05) is 23.3 Å². The van der Waals surface area contributed by atoms with Crippen LogP contribution in [-0.2, 0) is 25.8 Å². The van der Waals surface area contributed by atoms with Gasteiger partial charge in [0.25, 0.3) is 0 Å². The number of methoxy groups -OCH3 is 1. The van der Waals surface area contributed by atoms with E-state index in [1.54, 1.807) is 18.2 Å². The molecular formula is C11H16BNO4S2. The summed E-state index contributed by atoms with van der Waals surface area (Å²) in [4.78, 5) is 11.8. The molecule has 0 saturated heterocycles. The van der Waals surface area contributed by atoms with Crippen LogP contribution in [0.3, 0.4) is 0 Å². The fourth-order valence-electron chi connectivity index (χ4n) is 1.65. The molecule has 0 bridgehead atoms. The summed E-state index contributed by atoms with van der Waals surface area (Å²) in [6.45, 7) is 0. The van der Waals surface area contributed by atoms with Crippen molar-refractivity contribution in [3.05, 3.63) is 23.8 Å². The van der Waals surface area contributed by atoms with Gasteiger partial charge in [-0.2, -0.15) is 0 Å². The van der Waals surface area contributed by atoms with Crippen LogP contribution in [0, 0.1) is 0 Å². The third kappa shape index (κ3) is 3.68. The lowest BCUT2D eigenvalue weighted by Gasteiger charge is -2.26. The van der Waals surface area contributed by atoms with Gasteiger partial charge < -0.3 is 9.29 Å². The first kappa shape index (κ1) is 15.9. The average Bonchev–Trinajstić information content (AvgIpc) is 2.28. The fraction of sp³-hybridized carbons (Fsp3) is 0.273. The molecule has 0 radical (unpaired) electrons. The van der Waals surface area contributed by atoms with Crippen LogP contribution >= 0.6 is 0 Å². The number of anilines is 1. The Hall–Kier alpha value is -1.12. The first-order valence-electron chi connectivity index (χ1n) is 5.33. The maximum Gasteiger partial charge on any atom is 0.340 e. The van der Waals surface area contributed by atoms with E-state index in [1.807, 2.05) is 7.85 Å². The van der Waals surface area contributed by atoms with Gasteiger partial charge in [-0.15, -0.1) is 3.71 Å². The smallest absolute Gasteiger partial charge is 0.340 e. The number of nitrogens with zero attached hydrogens (tertiary/aromatic N) is 1. The van der Waals surface area contributed by atoms with Gasteiger partial charge in [-0.25, -0.2) is 9.00 Å². The van der Waals surface area contributed by atoms with Crippen molar-refractivity contribution in [2.24, 2.45) is 0 Å². The monoisotopic (exact) mass is 301 g/mol. The zero-order valence-corrected chi connectivity index (χ0v) is 13.0. The van der Waals surface area contributed by atoms with E-state index in [9.17, 15) is 13.6 Å². The van der Waals surface area contributed by atoms with Crippen LogP contribution in [0.2, 0.25) is 0 Å². The molecule has 5 nitrogen and oxygen atoms in total. The van der Waals surface area contributed by atoms with E-state index in [4.69, 9.17) is 4.74 Å². The molecule has 0 aliphatic rings. The summed E-state index contributed by atoms with van der Waals surface area (Å²) in [7, 11) is 0.307. The molecular weight excluding hydrogens is 285 g/mol. The van der Waals surface area contributed by atoms with Crippen LogP contribution in [0.15, 0.2) is 18.2 Å². The van der Waals surface area contributed by atoms with Crippen LogP contribution in [0.5, 0.6) is 0 Å². The minimum atomic E-state index is -2.77. The lowest BCUT2D eigenvalue weighted by Crippen LogP contribution is -2.36. The Labute approximate surface area is 117 Å².